The fourth-order valence-electron chi connectivity index (χ4n) is 2.62. The lowest BCUT2D eigenvalue weighted by Crippen LogP contribution is -2.36. The van der Waals surface area contributed by atoms with Gasteiger partial charge in [0.1, 0.15) is 0 Å². The molecule has 0 saturated heterocycles. The molecule has 6 heteroatoms. The van der Waals surface area contributed by atoms with Gasteiger partial charge in [-0.1, -0.05) is 30.3 Å². The summed E-state index contributed by atoms with van der Waals surface area (Å²) < 4.78 is 16.2. The van der Waals surface area contributed by atoms with Gasteiger partial charge in [0, 0.05) is 26.7 Å². The number of ether oxygens (including phenoxy) is 3. The molecule has 0 aromatic heterocycles. The average Bonchev–Trinajstić information content (AvgIpc) is 3.15. The number of hydrogen-bond donors (Lipinski definition) is 2. The van der Waals surface area contributed by atoms with Crippen LogP contribution in [0.25, 0.3) is 0 Å². The van der Waals surface area contributed by atoms with E-state index in [1.165, 1.54) is 11.1 Å². The Bertz CT molecular complexity index is 744. The molecule has 138 valence electrons. The lowest BCUT2D eigenvalue weighted by Gasteiger charge is -2.12. The van der Waals surface area contributed by atoms with Gasteiger partial charge in [0.15, 0.2) is 17.5 Å². The highest BCUT2D eigenvalue weighted by atomic mass is 16.7. The first-order valence-corrected chi connectivity index (χ1v) is 8.77. The Kier molecular flexibility index (Phi) is 6.33. The smallest absolute Gasteiger partial charge is 0.231 e. The van der Waals surface area contributed by atoms with Crippen LogP contribution in [0.5, 0.6) is 11.5 Å². The van der Waals surface area contributed by atoms with Crippen molar-refractivity contribution in [2.75, 3.05) is 20.4 Å². The summed E-state index contributed by atoms with van der Waals surface area (Å²) in [5, 5.41) is 6.63. The van der Waals surface area contributed by atoms with Gasteiger partial charge in [-0.25, -0.2) is 0 Å². The van der Waals surface area contributed by atoms with Crippen LogP contribution in [0.15, 0.2) is 47.5 Å². The van der Waals surface area contributed by atoms with Crippen molar-refractivity contribution in [1.82, 2.24) is 10.6 Å². The maximum absolute atomic E-state index is 5.42. The first-order valence-electron chi connectivity index (χ1n) is 8.77. The summed E-state index contributed by atoms with van der Waals surface area (Å²) >= 11 is 0. The fourth-order valence-corrected chi connectivity index (χ4v) is 2.62. The van der Waals surface area contributed by atoms with Crippen LogP contribution in [0.1, 0.15) is 23.6 Å². The Hall–Kier alpha value is -2.73. The molecule has 0 unspecified atom stereocenters. The quantitative estimate of drug-likeness (QED) is 0.591. The molecule has 6 nitrogen and oxygen atoms in total. The number of hydrogen-bond acceptors (Lipinski definition) is 4. The molecule has 0 spiro atoms. The van der Waals surface area contributed by atoms with Gasteiger partial charge >= 0.3 is 0 Å². The Balaban J connectivity index is 1.47. The third-order valence-electron chi connectivity index (χ3n) is 4.08. The topological polar surface area (TPSA) is 64.1 Å². The SMILES string of the molecule is CCOCc1ccc(CNC(=NC)NCc2ccc3c(c2)OCO3)cc1. The largest absolute Gasteiger partial charge is 0.454 e. The molecule has 0 amide bonds. The zero-order valence-electron chi connectivity index (χ0n) is 15.2. The summed E-state index contributed by atoms with van der Waals surface area (Å²) in [5.41, 5.74) is 3.48. The molecule has 3 rings (SSSR count). The normalized spacial score (nSPS) is 12.9. The molecular formula is C20H25N3O3. The minimum atomic E-state index is 0.290. The fraction of sp³-hybridized carbons (Fsp3) is 0.350. The van der Waals surface area contributed by atoms with E-state index in [2.05, 4.69) is 39.9 Å². The van der Waals surface area contributed by atoms with E-state index < -0.39 is 0 Å². The zero-order chi connectivity index (χ0) is 18.2. The molecule has 1 aliphatic heterocycles. The van der Waals surface area contributed by atoms with Gasteiger partial charge in [0.25, 0.3) is 0 Å². The number of nitrogens with one attached hydrogen (secondary N) is 2. The second kappa shape index (κ2) is 9.10. The first kappa shape index (κ1) is 18.1. The van der Waals surface area contributed by atoms with Gasteiger partial charge in [-0.2, -0.15) is 0 Å². The molecule has 2 N–H and O–H groups in total. The van der Waals surface area contributed by atoms with Crippen molar-refractivity contribution >= 4 is 5.96 Å². The van der Waals surface area contributed by atoms with Crippen LogP contribution in [0.3, 0.4) is 0 Å². The summed E-state index contributed by atoms with van der Waals surface area (Å²) in [6, 6.07) is 14.3. The summed E-state index contributed by atoms with van der Waals surface area (Å²) in [7, 11) is 1.76. The average molecular weight is 355 g/mol. The van der Waals surface area contributed by atoms with Crippen molar-refractivity contribution in [3.8, 4) is 11.5 Å². The Morgan fingerprint density at radius 1 is 0.962 bits per heavy atom. The van der Waals surface area contributed by atoms with E-state index in [-0.39, 0.29) is 0 Å². The second-order valence-electron chi connectivity index (χ2n) is 5.92. The third kappa shape index (κ3) is 4.89. The molecule has 0 bridgehead atoms. The molecule has 1 aliphatic rings. The number of aliphatic imine (C=N–C) groups is 1. The van der Waals surface area contributed by atoms with Crippen molar-refractivity contribution < 1.29 is 14.2 Å². The molecule has 0 saturated carbocycles. The summed E-state index contributed by atoms with van der Waals surface area (Å²) in [4.78, 5) is 4.27. The highest BCUT2D eigenvalue weighted by Gasteiger charge is 2.13. The molecule has 0 radical (unpaired) electrons. The monoisotopic (exact) mass is 355 g/mol. The number of rotatable bonds is 7. The van der Waals surface area contributed by atoms with E-state index in [1.807, 2.05) is 25.1 Å². The number of benzene rings is 2. The van der Waals surface area contributed by atoms with E-state index in [0.29, 0.717) is 26.5 Å². The summed E-state index contributed by atoms with van der Waals surface area (Å²) in [6.45, 7) is 5.04. The minimum Gasteiger partial charge on any atom is -0.454 e. The Morgan fingerprint density at radius 3 is 2.35 bits per heavy atom. The molecule has 1 heterocycles. The van der Waals surface area contributed by atoms with Gasteiger partial charge < -0.3 is 24.8 Å². The van der Waals surface area contributed by atoms with E-state index in [1.54, 1.807) is 7.05 Å². The standard InChI is InChI=1S/C20H25N3O3/c1-3-24-13-16-6-4-15(5-7-16)11-22-20(21-2)23-12-17-8-9-18-19(10-17)26-14-25-18/h4-10H,3,11-14H2,1-2H3,(H2,21,22,23). The van der Waals surface area contributed by atoms with E-state index in [0.717, 1.165) is 29.6 Å². The van der Waals surface area contributed by atoms with E-state index in [9.17, 15) is 0 Å². The third-order valence-corrected chi connectivity index (χ3v) is 4.08. The Labute approximate surface area is 154 Å². The molecule has 0 fully saturated rings. The van der Waals surface area contributed by atoms with Crippen molar-refractivity contribution in [2.24, 2.45) is 4.99 Å². The van der Waals surface area contributed by atoms with Crippen LogP contribution in [-0.4, -0.2) is 26.4 Å². The lowest BCUT2D eigenvalue weighted by molar-refractivity contribution is 0.134. The first-order chi connectivity index (χ1) is 12.8. The maximum atomic E-state index is 5.42. The molecule has 2 aromatic carbocycles. The second-order valence-corrected chi connectivity index (χ2v) is 5.92. The van der Waals surface area contributed by atoms with E-state index >= 15 is 0 Å². The van der Waals surface area contributed by atoms with Gasteiger partial charge in [-0.15, -0.1) is 0 Å². The zero-order valence-corrected chi connectivity index (χ0v) is 15.2. The molecular weight excluding hydrogens is 330 g/mol. The van der Waals surface area contributed by atoms with Gasteiger partial charge in [0.05, 0.1) is 6.61 Å². The summed E-state index contributed by atoms with van der Waals surface area (Å²) in [5.74, 6) is 2.34. The maximum Gasteiger partial charge on any atom is 0.231 e. The number of guanidine groups is 1. The van der Waals surface area contributed by atoms with E-state index in [4.69, 9.17) is 14.2 Å². The van der Waals surface area contributed by atoms with Crippen LogP contribution < -0.4 is 20.1 Å². The lowest BCUT2D eigenvalue weighted by atomic mass is 10.1. The van der Waals surface area contributed by atoms with Crippen molar-refractivity contribution in [2.45, 2.75) is 26.6 Å². The predicted octanol–water partition coefficient (Wildman–Crippen LogP) is 2.82. The van der Waals surface area contributed by atoms with Crippen LogP contribution >= 0.6 is 0 Å². The highest BCUT2D eigenvalue weighted by Crippen LogP contribution is 2.32. The molecule has 0 atom stereocenters. The van der Waals surface area contributed by atoms with Gasteiger partial charge in [-0.05, 0) is 35.7 Å². The minimum absolute atomic E-state index is 0.290. The van der Waals surface area contributed by atoms with Crippen molar-refractivity contribution in [3.63, 3.8) is 0 Å². The predicted molar refractivity (Wildman–Crippen MR) is 101 cm³/mol. The van der Waals surface area contributed by atoms with Crippen LogP contribution in [-0.2, 0) is 24.4 Å². The molecule has 26 heavy (non-hydrogen) atoms. The highest BCUT2D eigenvalue weighted by molar-refractivity contribution is 5.79. The number of nitrogens with zero attached hydrogens (tertiary/aromatic N) is 1. The van der Waals surface area contributed by atoms with Crippen molar-refractivity contribution in [3.05, 3.63) is 59.2 Å². The summed E-state index contributed by atoms with van der Waals surface area (Å²) in [6.07, 6.45) is 0. The van der Waals surface area contributed by atoms with Gasteiger partial charge in [0.2, 0.25) is 6.79 Å². The van der Waals surface area contributed by atoms with Crippen LogP contribution in [0.2, 0.25) is 0 Å². The van der Waals surface area contributed by atoms with Crippen LogP contribution in [0, 0.1) is 0 Å². The molecule has 2 aromatic rings. The van der Waals surface area contributed by atoms with Gasteiger partial charge in [-0.3, -0.25) is 4.99 Å². The number of fused-ring (bicyclic) bond motifs is 1. The van der Waals surface area contributed by atoms with Crippen LogP contribution in [0.4, 0.5) is 0 Å². The Morgan fingerprint density at radius 2 is 1.62 bits per heavy atom. The van der Waals surface area contributed by atoms with Crippen molar-refractivity contribution in [1.29, 1.82) is 0 Å². The molecule has 0 aliphatic carbocycles.